The first-order valence-electron chi connectivity index (χ1n) is 8.34. The Morgan fingerprint density at radius 3 is 2.48 bits per heavy atom. The summed E-state index contributed by atoms with van der Waals surface area (Å²) in [5.74, 6) is 0. The maximum Gasteiger partial charge on any atom is 0.0543 e. The van der Waals surface area contributed by atoms with E-state index in [1.54, 1.807) is 0 Å². The Labute approximate surface area is 130 Å². The van der Waals surface area contributed by atoms with Gasteiger partial charge in [-0.2, -0.15) is 5.10 Å². The molecule has 118 valence electrons. The van der Waals surface area contributed by atoms with E-state index in [0.29, 0.717) is 0 Å². The summed E-state index contributed by atoms with van der Waals surface area (Å²) in [4.78, 5) is 2.36. The molecule has 3 nitrogen and oxygen atoms in total. The van der Waals surface area contributed by atoms with E-state index in [1.165, 1.54) is 42.5 Å². The number of aryl methyl sites for hydroxylation is 1. The van der Waals surface area contributed by atoms with E-state index in [0.717, 1.165) is 19.6 Å². The fraction of sp³-hybridized carbons (Fsp3) is 0.611. The Morgan fingerprint density at radius 1 is 1.10 bits per heavy atom. The summed E-state index contributed by atoms with van der Waals surface area (Å²) in [7, 11) is 0. The molecular weight excluding hydrogens is 258 g/mol. The maximum absolute atomic E-state index is 4.33. The minimum Gasteiger partial charge on any atom is -0.372 e. The predicted octanol–water partition coefficient (Wildman–Crippen LogP) is 4.35. The molecule has 3 heteroatoms. The lowest BCUT2D eigenvalue weighted by molar-refractivity contribution is 0.616. The van der Waals surface area contributed by atoms with Gasteiger partial charge in [0.1, 0.15) is 0 Å². The summed E-state index contributed by atoms with van der Waals surface area (Å²) in [6.45, 7) is 11.8. The second-order valence-corrected chi connectivity index (χ2v) is 5.44. The molecule has 0 aliphatic carbocycles. The smallest absolute Gasteiger partial charge is 0.0543 e. The fourth-order valence-corrected chi connectivity index (χ4v) is 2.40. The first-order chi connectivity index (χ1) is 10.2. The highest BCUT2D eigenvalue weighted by molar-refractivity contribution is 5.82. The predicted molar refractivity (Wildman–Crippen MR) is 94.5 cm³/mol. The largest absolute Gasteiger partial charge is 0.372 e. The second kappa shape index (κ2) is 10.3. The molecule has 0 spiro atoms. The molecule has 0 amide bonds. The third-order valence-corrected chi connectivity index (χ3v) is 3.82. The van der Waals surface area contributed by atoms with Gasteiger partial charge in [0, 0.05) is 25.3 Å². The Bertz CT molecular complexity index is 422. The van der Waals surface area contributed by atoms with Crippen LogP contribution in [0.4, 0.5) is 5.69 Å². The van der Waals surface area contributed by atoms with Crippen LogP contribution in [-0.4, -0.2) is 25.8 Å². The topological polar surface area (TPSA) is 27.6 Å². The number of unbranched alkanes of at least 4 members (excludes halogenated alkanes) is 3. The van der Waals surface area contributed by atoms with Gasteiger partial charge in [-0.15, -0.1) is 0 Å². The summed E-state index contributed by atoms with van der Waals surface area (Å²) in [6, 6.07) is 6.59. The van der Waals surface area contributed by atoms with Crippen LogP contribution in [0.2, 0.25) is 0 Å². The highest BCUT2D eigenvalue weighted by Gasteiger charge is 2.03. The van der Waals surface area contributed by atoms with Crippen molar-refractivity contribution >= 4 is 11.9 Å². The number of rotatable bonds is 10. The zero-order valence-electron chi connectivity index (χ0n) is 14.2. The molecule has 0 radical (unpaired) electrons. The van der Waals surface area contributed by atoms with Crippen LogP contribution in [0.1, 0.15) is 57.6 Å². The number of hydrogen-bond donors (Lipinski definition) is 1. The molecule has 1 aromatic rings. The number of hydrazone groups is 1. The van der Waals surface area contributed by atoms with Crippen molar-refractivity contribution in [2.45, 2.75) is 53.4 Å². The van der Waals surface area contributed by atoms with Crippen LogP contribution in [0, 0.1) is 6.92 Å². The first kappa shape index (κ1) is 17.5. The number of nitrogens with one attached hydrogen (secondary N) is 1. The van der Waals surface area contributed by atoms with Crippen molar-refractivity contribution in [2.24, 2.45) is 5.10 Å². The third kappa shape index (κ3) is 6.19. The Hall–Kier alpha value is -1.51. The minimum atomic E-state index is 0.965. The van der Waals surface area contributed by atoms with Gasteiger partial charge in [-0.3, -0.25) is 0 Å². The number of benzene rings is 1. The van der Waals surface area contributed by atoms with Gasteiger partial charge >= 0.3 is 0 Å². The molecule has 0 aliphatic rings. The van der Waals surface area contributed by atoms with E-state index in [4.69, 9.17) is 0 Å². The molecular formula is C18H31N3. The van der Waals surface area contributed by atoms with Crippen molar-refractivity contribution in [3.63, 3.8) is 0 Å². The second-order valence-electron chi connectivity index (χ2n) is 5.44. The molecule has 1 rings (SSSR count). The summed E-state index contributed by atoms with van der Waals surface area (Å²) >= 11 is 0. The van der Waals surface area contributed by atoms with Gasteiger partial charge in [0.25, 0.3) is 0 Å². The maximum atomic E-state index is 4.33. The molecule has 1 N–H and O–H groups in total. The van der Waals surface area contributed by atoms with Crippen LogP contribution in [0.15, 0.2) is 23.3 Å². The molecule has 0 saturated heterocycles. The fourth-order valence-electron chi connectivity index (χ4n) is 2.40. The van der Waals surface area contributed by atoms with Gasteiger partial charge in [-0.05, 0) is 50.5 Å². The van der Waals surface area contributed by atoms with Crippen molar-refractivity contribution in [1.82, 2.24) is 5.43 Å². The van der Waals surface area contributed by atoms with E-state index in [1.807, 2.05) is 6.21 Å². The van der Waals surface area contributed by atoms with E-state index in [-0.39, 0.29) is 0 Å². The van der Waals surface area contributed by atoms with Crippen molar-refractivity contribution in [3.8, 4) is 0 Å². The summed E-state index contributed by atoms with van der Waals surface area (Å²) in [6.07, 6.45) is 7.02. The lowest BCUT2D eigenvalue weighted by atomic mass is 10.1. The SMILES string of the molecule is CCCCCCNN=Cc1ccc(N(CC)CC)cc1C. The van der Waals surface area contributed by atoms with Gasteiger partial charge in [-0.1, -0.05) is 32.3 Å². The molecule has 0 heterocycles. The molecule has 0 unspecified atom stereocenters. The van der Waals surface area contributed by atoms with Crippen LogP contribution in [0.3, 0.4) is 0 Å². The number of nitrogens with zero attached hydrogens (tertiary/aromatic N) is 2. The van der Waals surface area contributed by atoms with Crippen LogP contribution >= 0.6 is 0 Å². The highest BCUT2D eigenvalue weighted by Crippen LogP contribution is 2.18. The van der Waals surface area contributed by atoms with Crippen LogP contribution in [0.5, 0.6) is 0 Å². The first-order valence-corrected chi connectivity index (χ1v) is 8.34. The summed E-state index contributed by atoms with van der Waals surface area (Å²) < 4.78 is 0. The van der Waals surface area contributed by atoms with E-state index < -0.39 is 0 Å². The zero-order chi connectivity index (χ0) is 15.5. The van der Waals surface area contributed by atoms with Gasteiger partial charge in [0.15, 0.2) is 0 Å². The van der Waals surface area contributed by atoms with E-state index >= 15 is 0 Å². The zero-order valence-corrected chi connectivity index (χ0v) is 14.2. The quantitative estimate of drug-likeness (QED) is 0.394. The molecule has 21 heavy (non-hydrogen) atoms. The van der Waals surface area contributed by atoms with Crippen LogP contribution in [0.25, 0.3) is 0 Å². The average Bonchev–Trinajstić information content (AvgIpc) is 2.49. The summed E-state index contributed by atoms with van der Waals surface area (Å²) in [5.41, 5.74) is 6.89. The number of hydrogen-bond acceptors (Lipinski definition) is 3. The normalized spacial score (nSPS) is 11.0. The average molecular weight is 289 g/mol. The van der Waals surface area contributed by atoms with E-state index in [2.05, 4.69) is 61.3 Å². The number of anilines is 1. The van der Waals surface area contributed by atoms with Crippen LogP contribution in [-0.2, 0) is 0 Å². The van der Waals surface area contributed by atoms with Gasteiger partial charge in [0.2, 0.25) is 0 Å². The van der Waals surface area contributed by atoms with Gasteiger partial charge in [-0.25, -0.2) is 0 Å². The van der Waals surface area contributed by atoms with Crippen molar-refractivity contribution in [3.05, 3.63) is 29.3 Å². The van der Waals surface area contributed by atoms with Crippen molar-refractivity contribution in [2.75, 3.05) is 24.5 Å². The lowest BCUT2D eigenvalue weighted by Crippen LogP contribution is -2.21. The molecule has 0 aromatic heterocycles. The van der Waals surface area contributed by atoms with Gasteiger partial charge in [0.05, 0.1) is 6.21 Å². The minimum absolute atomic E-state index is 0.965. The molecule has 0 atom stereocenters. The standard InChI is InChI=1S/C18H31N3/c1-5-8-9-10-13-19-20-15-17-11-12-18(14-16(17)4)21(6-2)7-3/h11-12,14-15,19H,5-10,13H2,1-4H3. The molecule has 0 aliphatic heterocycles. The lowest BCUT2D eigenvalue weighted by Gasteiger charge is -2.21. The molecule has 0 bridgehead atoms. The monoisotopic (exact) mass is 289 g/mol. The van der Waals surface area contributed by atoms with Gasteiger partial charge < -0.3 is 10.3 Å². The van der Waals surface area contributed by atoms with E-state index in [9.17, 15) is 0 Å². The third-order valence-electron chi connectivity index (χ3n) is 3.82. The molecule has 0 saturated carbocycles. The van der Waals surface area contributed by atoms with Crippen molar-refractivity contribution < 1.29 is 0 Å². The summed E-state index contributed by atoms with van der Waals surface area (Å²) in [5, 5.41) is 4.33. The highest BCUT2D eigenvalue weighted by atomic mass is 15.3. The van der Waals surface area contributed by atoms with Crippen LogP contribution < -0.4 is 10.3 Å². The Kier molecular flexibility index (Phi) is 8.56. The Morgan fingerprint density at radius 2 is 1.86 bits per heavy atom. The van der Waals surface area contributed by atoms with Crippen molar-refractivity contribution in [1.29, 1.82) is 0 Å². The molecule has 1 aromatic carbocycles. The Balaban J connectivity index is 2.48. The molecule has 0 fully saturated rings.